The topological polar surface area (TPSA) is 139 Å². The second-order valence-corrected chi connectivity index (χ2v) is 8.36. The van der Waals surface area contributed by atoms with Crippen molar-refractivity contribution in [2.45, 2.75) is 47.1 Å². The SMILES string of the molecule is CCC(C)(C)Cn1nc(-c2ccc3oc(CC(C)=O)nc3c2)c2c(N)nc(N)nc21. The van der Waals surface area contributed by atoms with Gasteiger partial charge in [0.1, 0.15) is 22.8 Å². The summed E-state index contributed by atoms with van der Waals surface area (Å²) in [7, 11) is 0. The van der Waals surface area contributed by atoms with Crippen LogP contribution < -0.4 is 11.5 Å². The third-order valence-corrected chi connectivity index (χ3v) is 5.28. The minimum atomic E-state index is -0.00688. The van der Waals surface area contributed by atoms with E-state index in [4.69, 9.17) is 21.0 Å². The van der Waals surface area contributed by atoms with E-state index in [0.717, 1.165) is 12.0 Å². The number of Topliss-reactive ketones (excluding diaryl/α,β-unsaturated/α-hetero) is 1. The minimum Gasteiger partial charge on any atom is -0.440 e. The van der Waals surface area contributed by atoms with Gasteiger partial charge in [-0.15, -0.1) is 0 Å². The zero-order valence-corrected chi connectivity index (χ0v) is 17.6. The lowest BCUT2D eigenvalue weighted by Gasteiger charge is -2.22. The second kappa shape index (κ2) is 7.08. The van der Waals surface area contributed by atoms with Crippen molar-refractivity contribution in [1.29, 1.82) is 0 Å². The quantitative estimate of drug-likeness (QED) is 0.496. The molecule has 4 aromatic rings. The van der Waals surface area contributed by atoms with Gasteiger partial charge in [-0.3, -0.25) is 4.79 Å². The summed E-state index contributed by atoms with van der Waals surface area (Å²) in [5.41, 5.74) is 15.4. The van der Waals surface area contributed by atoms with Gasteiger partial charge in [0.05, 0.1) is 11.8 Å². The lowest BCUT2D eigenvalue weighted by molar-refractivity contribution is -0.116. The Morgan fingerprint density at radius 2 is 1.97 bits per heavy atom. The van der Waals surface area contributed by atoms with Crippen LogP contribution in [0, 0.1) is 5.41 Å². The molecule has 0 aliphatic heterocycles. The first kappa shape index (κ1) is 19.8. The Kier molecular flexibility index (Phi) is 4.68. The molecule has 0 radical (unpaired) electrons. The molecule has 3 heterocycles. The van der Waals surface area contributed by atoms with Crippen LogP contribution in [0.4, 0.5) is 11.8 Å². The first-order chi connectivity index (χ1) is 14.2. The molecule has 1 aromatic carbocycles. The Morgan fingerprint density at radius 3 is 2.67 bits per heavy atom. The number of carbonyl (C=O) groups excluding carboxylic acids is 1. The van der Waals surface area contributed by atoms with E-state index in [1.54, 1.807) is 0 Å². The van der Waals surface area contributed by atoms with Crippen LogP contribution in [-0.2, 0) is 17.8 Å². The first-order valence-corrected chi connectivity index (χ1v) is 9.85. The number of nitrogens with zero attached hydrogens (tertiary/aromatic N) is 5. The van der Waals surface area contributed by atoms with Crippen LogP contribution in [0.5, 0.6) is 0 Å². The number of carbonyl (C=O) groups is 1. The van der Waals surface area contributed by atoms with Crippen LogP contribution >= 0.6 is 0 Å². The van der Waals surface area contributed by atoms with E-state index in [9.17, 15) is 4.79 Å². The summed E-state index contributed by atoms with van der Waals surface area (Å²) < 4.78 is 7.50. The van der Waals surface area contributed by atoms with Gasteiger partial charge in [-0.1, -0.05) is 20.8 Å². The van der Waals surface area contributed by atoms with Crippen molar-refractivity contribution >= 4 is 39.7 Å². The molecule has 9 heteroatoms. The van der Waals surface area contributed by atoms with Gasteiger partial charge in [0.2, 0.25) is 11.8 Å². The van der Waals surface area contributed by atoms with Crippen molar-refractivity contribution in [3.05, 3.63) is 24.1 Å². The molecular weight excluding hydrogens is 382 g/mol. The second-order valence-electron chi connectivity index (χ2n) is 8.36. The van der Waals surface area contributed by atoms with E-state index in [2.05, 4.69) is 35.7 Å². The number of aromatic nitrogens is 5. The van der Waals surface area contributed by atoms with Crippen LogP contribution in [0.3, 0.4) is 0 Å². The van der Waals surface area contributed by atoms with E-state index < -0.39 is 0 Å². The van der Waals surface area contributed by atoms with Crippen molar-refractivity contribution < 1.29 is 9.21 Å². The molecule has 0 fully saturated rings. The number of ketones is 1. The van der Waals surface area contributed by atoms with Crippen LogP contribution in [0.25, 0.3) is 33.4 Å². The summed E-state index contributed by atoms with van der Waals surface area (Å²) in [6, 6.07) is 5.57. The van der Waals surface area contributed by atoms with Gasteiger partial charge in [-0.2, -0.15) is 15.1 Å². The Balaban J connectivity index is 1.88. The predicted octanol–water partition coefficient (Wildman–Crippen LogP) is 3.37. The number of rotatable bonds is 6. The van der Waals surface area contributed by atoms with Crippen LogP contribution in [-0.4, -0.2) is 30.5 Å². The zero-order valence-electron chi connectivity index (χ0n) is 17.6. The van der Waals surface area contributed by atoms with Gasteiger partial charge in [0.15, 0.2) is 11.2 Å². The summed E-state index contributed by atoms with van der Waals surface area (Å²) in [4.78, 5) is 24.4. The van der Waals surface area contributed by atoms with Gasteiger partial charge < -0.3 is 15.9 Å². The maximum atomic E-state index is 11.4. The number of anilines is 2. The molecule has 156 valence electrons. The zero-order chi connectivity index (χ0) is 21.6. The van der Waals surface area contributed by atoms with Crippen LogP contribution in [0.2, 0.25) is 0 Å². The average molecular weight is 407 g/mol. The van der Waals surface area contributed by atoms with E-state index in [1.165, 1.54) is 6.92 Å². The highest BCUT2D eigenvalue weighted by molar-refractivity contribution is 6.00. The molecule has 0 aliphatic rings. The van der Waals surface area contributed by atoms with Gasteiger partial charge in [-0.05, 0) is 37.0 Å². The Bertz CT molecular complexity index is 1270. The molecule has 0 spiro atoms. The highest BCUT2D eigenvalue weighted by Crippen LogP contribution is 2.34. The Morgan fingerprint density at radius 1 is 1.20 bits per heavy atom. The van der Waals surface area contributed by atoms with Gasteiger partial charge >= 0.3 is 0 Å². The number of oxazole rings is 1. The minimum absolute atomic E-state index is 0.00688. The first-order valence-electron chi connectivity index (χ1n) is 9.85. The number of hydrogen-bond donors (Lipinski definition) is 2. The number of nitrogen functional groups attached to an aromatic ring is 2. The summed E-state index contributed by atoms with van der Waals surface area (Å²) >= 11 is 0. The fourth-order valence-electron chi connectivity index (χ4n) is 3.36. The van der Waals surface area contributed by atoms with Gasteiger partial charge in [0.25, 0.3) is 0 Å². The maximum absolute atomic E-state index is 11.4. The largest absolute Gasteiger partial charge is 0.440 e. The number of fused-ring (bicyclic) bond motifs is 2. The lowest BCUT2D eigenvalue weighted by atomic mass is 9.90. The summed E-state index contributed by atoms with van der Waals surface area (Å²) in [5.74, 6) is 0.784. The fraction of sp³-hybridized carbons (Fsp3) is 0.381. The van der Waals surface area contributed by atoms with E-state index >= 15 is 0 Å². The molecule has 4 N–H and O–H groups in total. The lowest BCUT2D eigenvalue weighted by Crippen LogP contribution is -2.20. The van der Waals surface area contributed by atoms with Gasteiger partial charge in [-0.25, -0.2) is 9.67 Å². The van der Waals surface area contributed by atoms with Crippen molar-refractivity contribution in [3.8, 4) is 11.3 Å². The maximum Gasteiger partial charge on any atom is 0.224 e. The van der Waals surface area contributed by atoms with Crippen molar-refractivity contribution in [3.63, 3.8) is 0 Å². The molecular formula is C21H25N7O2. The molecule has 30 heavy (non-hydrogen) atoms. The molecule has 0 aliphatic carbocycles. The van der Waals surface area contributed by atoms with Crippen LogP contribution in [0.15, 0.2) is 22.6 Å². The summed E-state index contributed by atoms with van der Waals surface area (Å²) in [5, 5.41) is 5.48. The smallest absolute Gasteiger partial charge is 0.224 e. The highest BCUT2D eigenvalue weighted by Gasteiger charge is 2.23. The third-order valence-electron chi connectivity index (χ3n) is 5.28. The number of nitrogens with two attached hydrogens (primary N) is 2. The Labute approximate surface area is 173 Å². The fourth-order valence-corrected chi connectivity index (χ4v) is 3.36. The van der Waals surface area contributed by atoms with Crippen LogP contribution in [0.1, 0.15) is 40.0 Å². The molecule has 3 aromatic heterocycles. The summed E-state index contributed by atoms with van der Waals surface area (Å²) in [6.45, 7) is 8.65. The molecule has 0 unspecified atom stereocenters. The van der Waals surface area contributed by atoms with Crippen molar-refractivity contribution in [2.75, 3.05) is 11.5 Å². The molecule has 0 amide bonds. The van der Waals surface area contributed by atoms with Crippen molar-refractivity contribution in [1.82, 2.24) is 24.7 Å². The van der Waals surface area contributed by atoms with E-state index in [1.807, 2.05) is 22.9 Å². The molecule has 0 saturated carbocycles. The van der Waals surface area contributed by atoms with Crippen molar-refractivity contribution in [2.24, 2.45) is 5.41 Å². The number of benzene rings is 1. The van der Waals surface area contributed by atoms with E-state index in [-0.39, 0.29) is 29.4 Å². The molecule has 0 saturated heterocycles. The predicted molar refractivity (Wildman–Crippen MR) is 116 cm³/mol. The third kappa shape index (κ3) is 3.58. The molecule has 0 bridgehead atoms. The van der Waals surface area contributed by atoms with E-state index in [0.29, 0.717) is 40.3 Å². The molecule has 4 rings (SSSR count). The number of hydrogen-bond acceptors (Lipinski definition) is 8. The average Bonchev–Trinajstić information content (AvgIpc) is 3.21. The molecule has 9 nitrogen and oxygen atoms in total. The highest BCUT2D eigenvalue weighted by atomic mass is 16.3. The molecule has 0 atom stereocenters. The normalized spacial score (nSPS) is 12.1. The van der Waals surface area contributed by atoms with Gasteiger partial charge in [0, 0.05) is 12.1 Å². The Hall–Kier alpha value is -3.49. The standard InChI is InChI=1S/C21H25N7O2/c1-5-21(3,4)10-28-19-16(18(22)25-20(23)26-19)17(27-28)12-6-7-14-13(9-12)24-15(30-14)8-11(2)29/h6-7,9H,5,8,10H2,1-4H3,(H4,22,23,25,26). The summed E-state index contributed by atoms with van der Waals surface area (Å²) in [6.07, 6.45) is 1.14. The monoisotopic (exact) mass is 407 g/mol.